The van der Waals surface area contributed by atoms with Crippen molar-refractivity contribution in [2.75, 3.05) is 5.75 Å². The summed E-state index contributed by atoms with van der Waals surface area (Å²) >= 11 is 0. The summed E-state index contributed by atoms with van der Waals surface area (Å²) in [6, 6.07) is 0. The van der Waals surface area contributed by atoms with Crippen molar-refractivity contribution < 1.29 is 0 Å². The lowest BCUT2D eigenvalue weighted by atomic mass is 10.4. The first-order chi connectivity index (χ1) is 2.89. The SMILES string of the molecule is CC1CCSS1. The fraction of sp³-hybridized carbons (Fsp3) is 1.00. The molecule has 0 radical (unpaired) electrons. The van der Waals surface area contributed by atoms with Gasteiger partial charge in [0.2, 0.25) is 0 Å². The third kappa shape index (κ3) is 1.09. The molecule has 0 aliphatic carbocycles. The van der Waals surface area contributed by atoms with Crippen LogP contribution in [0.15, 0.2) is 0 Å². The minimum Gasteiger partial charge on any atom is -0.0938 e. The van der Waals surface area contributed by atoms with E-state index in [1.165, 1.54) is 12.2 Å². The third-order valence-electron chi connectivity index (χ3n) is 0.840. The molecule has 1 saturated heterocycles. The van der Waals surface area contributed by atoms with Gasteiger partial charge in [-0.3, -0.25) is 0 Å². The predicted octanol–water partition coefficient (Wildman–Crippen LogP) is 2.16. The third-order valence-corrected chi connectivity index (χ3v) is 3.84. The lowest BCUT2D eigenvalue weighted by Crippen LogP contribution is -1.84. The fourth-order valence-corrected chi connectivity index (χ4v) is 3.13. The molecule has 1 aliphatic rings. The molecule has 1 atom stereocenters. The van der Waals surface area contributed by atoms with Crippen molar-refractivity contribution in [3.63, 3.8) is 0 Å². The van der Waals surface area contributed by atoms with E-state index >= 15 is 0 Å². The lowest BCUT2D eigenvalue weighted by molar-refractivity contribution is 0.935. The van der Waals surface area contributed by atoms with Gasteiger partial charge in [-0.15, -0.1) is 0 Å². The highest BCUT2D eigenvalue weighted by atomic mass is 33.1. The number of hydrogen-bond donors (Lipinski definition) is 0. The Hall–Kier alpha value is 0.700. The van der Waals surface area contributed by atoms with Gasteiger partial charge < -0.3 is 0 Å². The van der Waals surface area contributed by atoms with Gasteiger partial charge in [0.15, 0.2) is 0 Å². The first-order valence-electron chi connectivity index (χ1n) is 2.18. The molecule has 0 saturated carbocycles. The maximum atomic E-state index is 2.28. The zero-order valence-corrected chi connectivity index (χ0v) is 5.44. The van der Waals surface area contributed by atoms with E-state index in [2.05, 4.69) is 6.92 Å². The van der Waals surface area contributed by atoms with E-state index in [9.17, 15) is 0 Å². The molecule has 0 aromatic heterocycles. The van der Waals surface area contributed by atoms with Crippen LogP contribution in [0, 0.1) is 0 Å². The van der Waals surface area contributed by atoms with Crippen LogP contribution in [0.25, 0.3) is 0 Å². The molecule has 0 N–H and O–H groups in total. The molecule has 36 valence electrons. The molecule has 1 rings (SSSR count). The minimum absolute atomic E-state index is 0.926. The maximum Gasteiger partial charge on any atom is 0.0131 e. The summed E-state index contributed by atoms with van der Waals surface area (Å²) in [5.41, 5.74) is 0. The molecule has 1 aliphatic heterocycles. The summed E-state index contributed by atoms with van der Waals surface area (Å²) < 4.78 is 0. The molecule has 0 aromatic rings. The molecule has 0 spiro atoms. The Labute approximate surface area is 46.5 Å². The Morgan fingerprint density at radius 3 is 2.67 bits per heavy atom. The standard InChI is InChI=1S/C4H8S2/c1-4-2-3-5-6-4/h4H,2-3H2,1H3. The van der Waals surface area contributed by atoms with Crippen LogP contribution in [-0.2, 0) is 0 Å². The molecule has 1 fully saturated rings. The van der Waals surface area contributed by atoms with Crippen LogP contribution in [0.4, 0.5) is 0 Å². The minimum atomic E-state index is 0.926. The van der Waals surface area contributed by atoms with Gasteiger partial charge in [0.05, 0.1) is 0 Å². The van der Waals surface area contributed by atoms with E-state index in [0.717, 1.165) is 5.25 Å². The van der Waals surface area contributed by atoms with Gasteiger partial charge in [-0.1, -0.05) is 28.5 Å². The van der Waals surface area contributed by atoms with E-state index in [1.807, 2.05) is 21.6 Å². The summed E-state index contributed by atoms with van der Waals surface area (Å²) in [6.07, 6.45) is 1.41. The Morgan fingerprint density at radius 1 is 1.67 bits per heavy atom. The predicted molar refractivity (Wildman–Crippen MR) is 34.1 cm³/mol. The van der Waals surface area contributed by atoms with E-state index in [1.54, 1.807) is 0 Å². The van der Waals surface area contributed by atoms with Crippen molar-refractivity contribution in [1.82, 2.24) is 0 Å². The second kappa shape index (κ2) is 2.12. The highest BCUT2D eigenvalue weighted by Crippen LogP contribution is 2.36. The van der Waals surface area contributed by atoms with Crippen LogP contribution >= 0.6 is 21.6 Å². The zero-order valence-electron chi connectivity index (χ0n) is 3.81. The summed E-state index contributed by atoms with van der Waals surface area (Å²) in [7, 11) is 4.01. The summed E-state index contributed by atoms with van der Waals surface area (Å²) in [4.78, 5) is 0. The quantitative estimate of drug-likeness (QED) is 0.449. The van der Waals surface area contributed by atoms with Gasteiger partial charge in [0.25, 0.3) is 0 Å². The first-order valence-corrected chi connectivity index (χ1v) is 4.56. The molecule has 1 heterocycles. The van der Waals surface area contributed by atoms with Crippen molar-refractivity contribution >= 4 is 21.6 Å². The first kappa shape index (κ1) is 4.85. The molecular weight excluding hydrogens is 112 g/mol. The van der Waals surface area contributed by atoms with Crippen molar-refractivity contribution in [1.29, 1.82) is 0 Å². The molecule has 1 unspecified atom stereocenters. The summed E-state index contributed by atoms with van der Waals surface area (Å²) in [5, 5.41) is 0.926. The van der Waals surface area contributed by atoms with Crippen LogP contribution in [0.1, 0.15) is 13.3 Å². The maximum absolute atomic E-state index is 2.28. The van der Waals surface area contributed by atoms with E-state index in [-0.39, 0.29) is 0 Å². The van der Waals surface area contributed by atoms with Gasteiger partial charge in [0.1, 0.15) is 0 Å². The van der Waals surface area contributed by atoms with Crippen LogP contribution in [0.3, 0.4) is 0 Å². The van der Waals surface area contributed by atoms with Gasteiger partial charge >= 0.3 is 0 Å². The van der Waals surface area contributed by atoms with E-state index in [4.69, 9.17) is 0 Å². The van der Waals surface area contributed by atoms with Crippen molar-refractivity contribution in [3.05, 3.63) is 0 Å². The molecule has 0 nitrogen and oxygen atoms in total. The van der Waals surface area contributed by atoms with Crippen molar-refractivity contribution in [2.45, 2.75) is 18.6 Å². The Kier molecular flexibility index (Phi) is 1.72. The van der Waals surface area contributed by atoms with E-state index in [0.29, 0.717) is 0 Å². The van der Waals surface area contributed by atoms with Crippen molar-refractivity contribution in [2.24, 2.45) is 0 Å². The molecule has 2 heteroatoms. The highest BCUT2D eigenvalue weighted by molar-refractivity contribution is 8.77. The Bertz CT molecular complexity index is 38.8. The smallest absolute Gasteiger partial charge is 0.0131 e. The van der Waals surface area contributed by atoms with Crippen molar-refractivity contribution in [3.8, 4) is 0 Å². The molecule has 0 amide bonds. The van der Waals surface area contributed by atoms with Crippen LogP contribution in [0.5, 0.6) is 0 Å². The topological polar surface area (TPSA) is 0 Å². The molecule has 0 bridgehead atoms. The zero-order chi connectivity index (χ0) is 4.41. The fourth-order valence-electron chi connectivity index (χ4n) is 0.426. The van der Waals surface area contributed by atoms with Gasteiger partial charge in [-0.25, -0.2) is 0 Å². The average Bonchev–Trinajstić information content (AvgIpc) is 1.86. The van der Waals surface area contributed by atoms with Crippen LogP contribution < -0.4 is 0 Å². The van der Waals surface area contributed by atoms with Gasteiger partial charge in [-0.2, -0.15) is 0 Å². The molecular formula is C4H8S2. The van der Waals surface area contributed by atoms with E-state index < -0.39 is 0 Å². The monoisotopic (exact) mass is 120 g/mol. The highest BCUT2D eigenvalue weighted by Gasteiger charge is 2.08. The number of rotatable bonds is 0. The molecule has 0 aromatic carbocycles. The van der Waals surface area contributed by atoms with Gasteiger partial charge in [0, 0.05) is 11.0 Å². The normalized spacial score (nSPS) is 34.5. The van der Waals surface area contributed by atoms with Crippen LogP contribution in [-0.4, -0.2) is 11.0 Å². The largest absolute Gasteiger partial charge is 0.0938 e. The second-order valence-electron chi connectivity index (χ2n) is 1.52. The lowest BCUT2D eigenvalue weighted by Gasteiger charge is -1.89. The summed E-state index contributed by atoms with van der Waals surface area (Å²) in [6.45, 7) is 2.28. The number of hydrogen-bond acceptors (Lipinski definition) is 2. The average molecular weight is 120 g/mol. The second-order valence-corrected chi connectivity index (χ2v) is 4.44. The Balaban J connectivity index is 2.18. The Morgan fingerprint density at radius 2 is 2.50 bits per heavy atom. The molecule has 6 heavy (non-hydrogen) atoms. The van der Waals surface area contributed by atoms with Crippen LogP contribution in [0.2, 0.25) is 0 Å². The summed E-state index contributed by atoms with van der Waals surface area (Å²) in [5.74, 6) is 1.37. The van der Waals surface area contributed by atoms with Gasteiger partial charge in [-0.05, 0) is 6.42 Å².